The van der Waals surface area contributed by atoms with Crippen LogP contribution in [0, 0.1) is 3.57 Å². The van der Waals surface area contributed by atoms with Crippen LogP contribution in [0.15, 0.2) is 24.3 Å². The van der Waals surface area contributed by atoms with Crippen molar-refractivity contribution >= 4 is 32.9 Å². The molecule has 1 spiro atoms. The van der Waals surface area contributed by atoms with Gasteiger partial charge >= 0.3 is 10.3 Å². The minimum atomic E-state index is -4.37. The molecule has 3 rings (SSSR count). The van der Waals surface area contributed by atoms with Gasteiger partial charge in [0, 0.05) is 23.5 Å². The maximum Gasteiger partial charge on any atom is 0.337 e. The highest BCUT2D eigenvalue weighted by Gasteiger charge is 2.52. The Morgan fingerprint density at radius 2 is 1.87 bits per heavy atom. The zero-order valence-electron chi connectivity index (χ0n) is 12.8. The first-order valence-corrected chi connectivity index (χ1v) is 10.1. The fourth-order valence-corrected chi connectivity index (χ4v) is 4.35. The fourth-order valence-electron chi connectivity index (χ4n) is 3.24. The highest BCUT2D eigenvalue weighted by Crippen LogP contribution is 2.47. The number of rotatable bonds is 3. The number of halogens is 1. The summed E-state index contributed by atoms with van der Waals surface area (Å²) in [5.41, 5.74) is 0.871. The minimum Gasteiger partial charge on any atom is -0.338 e. The van der Waals surface area contributed by atoms with Gasteiger partial charge in [0.15, 0.2) is 12.0 Å². The molecule has 0 aromatic heterocycles. The molecule has 1 aromatic rings. The lowest BCUT2D eigenvalue weighted by molar-refractivity contribution is -0.200. The van der Waals surface area contributed by atoms with E-state index in [0.29, 0.717) is 0 Å². The number of ether oxygens (including phenoxy) is 2. The van der Waals surface area contributed by atoms with Gasteiger partial charge in [-0.05, 0) is 47.1 Å². The Hall–Kier alpha value is -0.260. The quantitative estimate of drug-likeness (QED) is 0.563. The van der Waals surface area contributed by atoms with Crippen LogP contribution in [0.4, 0.5) is 0 Å². The van der Waals surface area contributed by atoms with Crippen LogP contribution in [0.1, 0.15) is 43.8 Å². The van der Waals surface area contributed by atoms with Crippen LogP contribution >= 0.6 is 22.6 Å². The van der Waals surface area contributed by atoms with E-state index in [1.54, 1.807) is 0 Å². The van der Waals surface area contributed by atoms with E-state index in [9.17, 15) is 13.0 Å². The van der Waals surface area contributed by atoms with Gasteiger partial charge in [0.05, 0.1) is 0 Å². The molecule has 2 atom stereocenters. The molecule has 2 unspecified atom stereocenters. The Morgan fingerprint density at radius 1 is 1.22 bits per heavy atom. The third-order valence-corrected chi connectivity index (χ3v) is 6.40. The molecule has 1 aliphatic heterocycles. The summed E-state index contributed by atoms with van der Waals surface area (Å²) in [6, 6.07) is 7.65. The summed E-state index contributed by atoms with van der Waals surface area (Å²) in [6.45, 7) is 0. The third-order valence-electron chi connectivity index (χ3n) is 4.49. The lowest BCUT2D eigenvalue weighted by Crippen LogP contribution is -2.41. The Kier molecular flexibility index (Phi) is 5.01. The Morgan fingerprint density at radius 3 is 2.48 bits per heavy atom. The highest BCUT2D eigenvalue weighted by atomic mass is 127. The van der Waals surface area contributed by atoms with Crippen molar-refractivity contribution in [2.24, 2.45) is 0 Å². The molecular weight excluding hydrogens is 433 g/mol. The second-order valence-corrected chi connectivity index (χ2v) is 8.67. The maximum atomic E-state index is 11.6. The van der Waals surface area contributed by atoms with Crippen molar-refractivity contribution in [3.05, 3.63) is 33.4 Å². The van der Waals surface area contributed by atoms with E-state index in [1.165, 1.54) is 7.05 Å². The normalized spacial score (nSPS) is 27.7. The number of hydrogen-bond acceptors (Lipinski definition) is 4. The largest absolute Gasteiger partial charge is 0.338 e. The van der Waals surface area contributed by atoms with Gasteiger partial charge in [-0.1, -0.05) is 24.6 Å². The standard InChI is InChI=1S/C15H20INO5S/c1-17(23(18,19)20)14-13(11-7-3-4-8-12(11)16)21-15(22-14)9-5-2-6-10-15/h3-4,7-8,13-14H,2,5-6,9-10H2,1H3,(H,18,19,20). The summed E-state index contributed by atoms with van der Waals surface area (Å²) in [6.07, 6.45) is 3.14. The second kappa shape index (κ2) is 6.57. The summed E-state index contributed by atoms with van der Waals surface area (Å²) in [5.74, 6) is -0.758. The van der Waals surface area contributed by atoms with E-state index in [4.69, 9.17) is 9.47 Å². The first-order valence-electron chi connectivity index (χ1n) is 7.63. The maximum absolute atomic E-state index is 11.6. The summed E-state index contributed by atoms with van der Waals surface area (Å²) in [5, 5.41) is 0. The molecule has 23 heavy (non-hydrogen) atoms. The number of nitrogens with zero attached hydrogens (tertiary/aromatic N) is 1. The van der Waals surface area contributed by atoms with Crippen LogP contribution < -0.4 is 0 Å². The molecule has 2 aliphatic rings. The van der Waals surface area contributed by atoms with Crippen LogP contribution in [-0.4, -0.2) is 36.3 Å². The number of hydrogen-bond donors (Lipinski definition) is 1. The zero-order valence-corrected chi connectivity index (χ0v) is 15.8. The van der Waals surface area contributed by atoms with Crippen molar-refractivity contribution in [2.45, 2.75) is 50.2 Å². The molecule has 1 N–H and O–H groups in total. The van der Waals surface area contributed by atoms with Crippen LogP contribution in [0.5, 0.6) is 0 Å². The molecule has 1 saturated heterocycles. The lowest BCUT2D eigenvalue weighted by Gasteiger charge is -2.32. The van der Waals surface area contributed by atoms with Gasteiger partial charge in [0.1, 0.15) is 6.10 Å². The van der Waals surface area contributed by atoms with E-state index >= 15 is 0 Å². The van der Waals surface area contributed by atoms with Gasteiger partial charge in [-0.3, -0.25) is 4.55 Å². The Labute approximate surface area is 150 Å². The average molecular weight is 453 g/mol. The third kappa shape index (κ3) is 3.57. The number of benzene rings is 1. The van der Waals surface area contributed by atoms with Gasteiger partial charge in [0.2, 0.25) is 0 Å². The van der Waals surface area contributed by atoms with E-state index in [-0.39, 0.29) is 0 Å². The molecule has 8 heteroatoms. The predicted octanol–water partition coefficient (Wildman–Crippen LogP) is 3.10. The van der Waals surface area contributed by atoms with Crippen LogP contribution in [0.25, 0.3) is 0 Å². The Balaban J connectivity index is 1.98. The van der Waals surface area contributed by atoms with Crippen molar-refractivity contribution in [1.29, 1.82) is 0 Å². The SMILES string of the molecule is CN(C1OC2(CCCCC2)OC1c1ccccc1I)S(=O)(=O)O. The van der Waals surface area contributed by atoms with Crippen molar-refractivity contribution in [3.63, 3.8) is 0 Å². The Bertz CT molecular complexity index is 674. The summed E-state index contributed by atoms with van der Waals surface area (Å²) < 4.78 is 46.7. The van der Waals surface area contributed by atoms with Crippen LogP contribution in [0.3, 0.4) is 0 Å². The predicted molar refractivity (Wildman–Crippen MR) is 93.0 cm³/mol. The van der Waals surface area contributed by atoms with E-state index in [1.807, 2.05) is 24.3 Å². The van der Waals surface area contributed by atoms with Gasteiger partial charge in [-0.25, -0.2) is 0 Å². The average Bonchev–Trinajstić information content (AvgIpc) is 2.85. The summed E-state index contributed by atoms with van der Waals surface area (Å²) in [7, 11) is -3.06. The second-order valence-electron chi connectivity index (χ2n) is 6.03. The molecule has 128 valence electrons. The minimum absolute atomic E-state index is 0.562. The molecule has 2 fully saturated rings. The van der Waals surface area contributed by atoms with Gasteiger partial charge in [-0.2, -0.15) is 12.7 Å². The lowest BCUT2D eigenvalue weighted by atomic mass is 9.94. The highest BCUT2D eigenvalue weighted by molar-refractivity contribution is 14.1. The van der Waals surface area contributed by atoms with Gasteiger partial charge in [0.25, 0.3) is 0 Å². The summed E-state index contributed by atoms with van der Waals surface area (Å²) in [4.78, 5) is 0. The van der Waals surface area contributed by atoms with Crippen LogP contribution in [0.2, 0.25) is 0 Å². The smallest absolute Gasteiger partial charge is 0.337 e. The molecular formula is C15H20INO5S. The molecule has 1 heterocycles. The van der Waals surface area contributed by atoms with Gasteiger partial charge in [-0.15, -0.1) is 0 Å². The van der Waals surface area contributed by atoms with Crippen molar-refractivity contribution in [2.75, 3.05) is 7.05 Å². The molecule has 1 saturated carbocycles. The van der Waals surface area contributed by atoms with Crippen LogP contribution in [-0.2, 0) is 19.8 Å². The first kappa shape index (κ1) is 17.6. The number of likely N-dealkylation sites (N-methyl/N-ethyl adjacent to an activating group) is 1. The monoisotopic (exact) mass is 453 g/mol. The van der Waals surface area contributed by atoms with E-state index in [2.05, 4.69) is 22.6 Å². The van der Waals surface area contributed by atoms with E-state index in [0.717, 1.165) is 45.5 Å². The first-order chi connectivity index (χ1) is 10.8. The van der Waals surface area contributed by atoms with E-state index < -0.39 is 28.4 Å². The zero-order chi connectivity index (χ0) is 16.7. The van der Waals surface area contributed by atoms with Crippen molar-refractivity contribution in [1.82, 2.24) is 4.31 Å². The summed E-state index contributed by atoms with van der Waals surface area (Å²) >= 11 is 2.20. The van der Waals surface area contributed by atoms with Crippen molar-refractivity contribution in [3.8, 4) is 0 Å². The van der Waals surface area contributed by atoms with Crippen molar-refractivity contribution < 1.29 is 22.4 Å². The molecule has 0 bridgehead atoms. The van der Waals surface area contributed by atoms with Gasteiger partial charge < -0.3 is 9.47 Å². The topological polar surface area (TPSA) is 76.1 Å². The molecule has 1 aromatic carbocycles. The fraction of sp³-hybridized carbons (Fsp3) is 0.600. The molecule has 1 aliphatic carbocycles. The molecule has 6 nitrogen and oxygen atoms in total. The molecule has 0 amide bonds. The molecule has 0 radical (unpaired) electrons.